The standard InChI is InChI=1S/C15H16N4O/c1-2-19(9-5-8-16)15(20)13-10-11-6-3-4-7-12(11)14(17)18-13/h3-4,6-7,10H,2,5,9H2,1H3,(H2,17,18). The zero-order valence-corrected chi connectivity index (χ0v) is 11.3. The van der Waals surface area contributed by atoms with E-state index in [0.29, 0.717) is 31.0 Å². The van der Waals surface area contributed by atoms with Crippen molar-refractivity contribution in [3.05, 3.63) is 36.0 Å². The molecule has 20 heavy (non-hydrogen) atoms. The van der Waals surface area contributed by atoms with Crippen molar-refractivity contribution in [3.8, 4) is 6.07 Å². The molecule has 2 N–H and O–H groups in total. The fourth-order valence-corrected chi connectivity index (χ4v) is 2.09. The highest BCUT2D eigenvalue weighted by Crippen LogP contribution is 2.20. The van der Waals surface area contributed by atoms with Crippen LogP contribution in [0.2, 0.25) is 0 Å². The van der Waals surface area contributed by atoms with Gasteiger partial charge in [-0.1, -0.05) is 24.3 Å². The maximum Gasteiger partial charge on any atom is 0.272 e. The summed E-state index contributed by atoms with van der Waals surface area (Å²) in [6, 6.07) is 11.3. The van der Waals surface area contributed by atoms with Crippen molar-refractivity contribution in [1.82, 2.24) is 9.88 Å². The Bertz CT molecular complexity index is 675. The first kappa shape index (κ1) is 13.8. The van der Waals surface area contributed by atoms with E-state index < -0.39 is 0 Å². The number of fused-ring (bicyclic) bond motifs is 1. The number of hydrogen-bond acceptors (Lipinski definition) is 4. The monoisotopic (exact) mass is 268 g/mol. The van der Waals surface area contributed by atoms with Gasteiger partial charge in [0, 0.05) is 18.5 Å². The number of benzene rings is 1. The largest absolute Gasteiger partial charge is 0.383 e. The van der Waals surface area contributed by atoms with Gasteiger partial charge in [0.1, 0.15) is 11.5 Å². The van der Waals surface area contributed by atoms with Crippen molar-refractivity contribution in [2.24, 2.45) is 0 Å². The van der Waals surface area contributed by atoms with Crippen molar-refractivity contribution < 1.29 is 4.79 Å². The fourth-order valence-electron chi connectivity index (χ4n) is 2.09. The molecule has 0 spiro atoms. The average Bonchev–Trinajstić information content (AvgIpc) is 2.47. The topological polar surface area (TPSA) is 83.0 Å². The number of pyridine rings is 1. The summed E-state index contributed by atoms with van der Waals surface area (Å²) in [5.41, 5.74) is 6.22. The van der Waals surface area contributed by atoms with E-state index in [0.717, 1.165) is 10.8 Å². The average molecular weight is 268 g/mol. The molecule has 5 nitrogen and oxygen atoms in total. The summed E-state index contributed by atoms with van der Waals surface area (Å²) >= 11 is 0. The molecule has 0 unspecified atom stereocenters. The third-order valence-electron chi connectivity index (χ3n) is 3.15. The Morgan fingerprint density at radius 2 is 2.20 bits per heavy atom. The molecule has 0 aliphatic heterocycles. The molecule has 102 valence electrons. The Balaban J connectivity index is 2.37. The van der Waals surface area contributed by atoms with Gasteiger partial charge in [0.15, 0.2) is 0 Å². The molecule has 1 aromatic heterocycles. The first-order valence-corrected chi connectivity index (χ1v) is 6.49. The molecule has 0 atom stereocenters. The maximum absolute atomic E-state index is 12.4. The molecular weight excluding hydrogens is 252 g/mol. The molecule has 1 heterocycles. The van der Waals surface area contributed by atoms with Gasteiger partial charge >= 0.3 is 0 Å². The molecular formula is C15H16N4O. The van der Waals surface area contributed by atoms with Crippen LogP contribution in [-0.2, 0) is 0 Å². The van der Waals surface area contributed by atoms with Crippen LogP contribution in [0.1, 0.15) is 23.8 Å². The second-order valence-electron chi connectivity index (χ2n) is 4.41. The number of hydrogen-bond donors (Lipinski definition) is 1. The normalized spacial score (nSPS) is 10.2. The number of anilines is 1. The van der Waals surface area contributed by atoms with E-state index in [2.05, 4.69) is 4.98 Å². The van der Waals surface area contributed by atoms with E-state index in [1.807, 2.05) is 37.3 Å². The van der Waals surface area contributed by atoms with Crippen LogP contribution in [0.5, 0.6) is 0 Å². The lowest BCUT2D eigenvalue weighted by Crippen LogP contribution is -2.32. The van der Waals surface area contributed by atoms with Crippen LogP contribution in [0.25, 0.3) is 10.8 Å². The van der Waals surface area contributed by atoms with Crippen LogP contribution in [0.3, 0.4) is 0 Å². The second-order valence-corrected chi connectivity index (χ2v) is 4.41. The molecule has 0 fully saturated rings. The highest BCUT2D eigenvalue weighted by Gasteiger charge is 2.16. The summed E-state index contributed by atoms with van der Waals surface area (Å²) in [5.74, 6) is 0.156. The summed E-state index contributed by atoms with van der Waals surface area (Å²) in [6.45, 7) is 2.81. The smallest absolute Gasteiger partial charge is 0.272 e. The Morgan fingerprint density at radius 1 is 1.45 bits per heavy atom. The highest BCUT2D eigenvalue weighted by molar-refractivity contribution is 5.99. The van der Waals surface area contributed by atoms with Gasteiger partial charge in [0.2, 0.25) is 0 Å². The van der Waals surface area contributed by atoms with Gasteiger partial charge in [-0.3, -0.25) is 4.79 Å². The number of carbonyl (C=O) groups excluding carboxylic acids is 1. The van der Waals surface area contributed by atoms with E-state index in [4.69, 9.17) is 11.0 Å². The minimum Gasteiger partial charge on any atom is -0.383 e. The lowest BCUT2D eigenvalue weighted by molar-refractivity contribution is 0.0762. The quantitative estimate of drug-likeness (QED) is 0.921. The Morgan fingerprint density at radius 3 is 2.90 bits per heavy atom. The van der Waals surface area contributed by atoms with E-state index >= 15 is 0 Å². The van der Waals surface area contributed by atoms with Crippen LogP contribution in [-0.4, -0.2) is 28.9 Å². The number of amides is 1. The summed E-state index contributed by atoms with van der Waals surface area (Å²) in [4.78, 5) is 18.2. The summed E-state index contributed by atoms with van der Waals surface area (Å²) < 4.78 is 0. The van der Waals surface area contributed by atoms with Gasteiger partial charge in [-0.2, -0.15) is 5.26 Å². The lowest BCUT2D eigenvalue weighted by Gasteiger charge is -2.19. The van der Waals surface area contributed by atoms with Gasteiger partial charge < -0.3 is 10.6 Å². The highest BCUT2D eigenvalue weighted by atomic mass is 16.2. The molecule has 0 saturated carbocycles. The lowest BCUT2D eigenvalue weighted by atomic mass is 10.1. The van der Waals surface area contributed by atoms with Crippen molar-refractivity contribution >= 4 is 22.5 Å². The number of nitrogens with two attached hydrogens (primary N) is 1. The van der Waals surface area contributed by atoms with Crippen molar-refractivity contribution in [1.29, 1.82) is 5.26 Å². The summed E-state index contributed by atoms with van der Waals surface area (Å²) in [5, 5.41) is 10.4. The van der Waals surface area contributed by atoms with Gasteiger partial charge in [0.05, 0.1) is 12.5 Å². The predicted molar refractivity (Wildman–Crippen MR) is 78.0 cm³/mol. The maximum atomic E-state index is 12.4. The molecule has 1 amide bonds. The number of nitrogens with zero attached hydrogens (tertiary/aromatic N) is 3. The zero-order valence-electron chi connectivity index (χ0n) is 11.3. The Kier molecular flexibility index (Phi) is 4.16. The second kappa shape index (κ2) is 6.02. The third-order valence-corrected chi connectivity index (χ3v) is 3.15. The van der Waals surface area contributed by atoms with Gasteiger partial charge in [0.25, 0.3) is 5.91 Å². The third kappa shape index (κ3) is 2.69. The molecule has 5 heteroatoms. The summed E-state index contributed by atoms with van der Waals surface area (Å²) in [7, 11) is 0. The van der Waals surface area contributed by atoms with Gasteiger partial charge in [-0.05, 0) is 18.4 Å². The Labute approximate surface area is 117 Å². The van der Waals surface area contributed by atoms with Gasteiger partial charge in [-0.25, -0.2) is 4.98 Å². The molecule has 0 aliphatic rings. The fraction of sp³-hybridized carbons (Fsp3) is 0.267. The van der Waals surface area contributed by atoms with Crippen molar-refractivity contribution in [2.75, 3.05) is 18.8 Å². The van der Waals surface area contributed by atoms with Crippen LogP contribution in [0.15, 0.2) is 30.3 Å². The minimum atomic E-state index is -0.194. The van der Waals surface area contributed by atoms with Crippen molar-refractivity contribution in [2.45, 2.75) is 13.3 Å². The molecule has 2 rings (SSSR count). The molecule has 0 aliphatic carbocycles. The molecule has 0 bridgehead atoms. The summed E-state index contributed by atoms with van der Waals surface area (Å²) in [6.07, 6.45) is 0.308. The first-order valence-electron chi connectivity index (χ1n) is 6.49. The van der Waals surface area contributed by atoms with E-state index in [9.17, 15) is 4.79 Å². The van der Waals surface area contributed by atoms with Crippen LogP contribution in [0.4, 0.5) is 5.82 Å². The van der Waals surface area contributed by atoms with Crippen LogP contribution >= 0.6 is 0 Å². The SMILES string of the molecule is CCN(CCC#N)C(=O)c1cc2ccccc2c(N)n1. The van der Waals surface area contributed by atoms with Crippen LogP contribution < -0.4 is 5.73 Å². The number of nitriles is 1. The van der Waals surface area contributed by atoms with Crippen molar-refractivity contribution in [3.63, 3.8) is 0 Å². The minimum absolute atomic E-state index is 0.194. The predicted octanol–water partition coefficient (Wildman–Crippen LogP) is 2.19. The molecule has 0 radical (unpaired) electrons. The van der Waals surface area contributed by atoms with E-state index in [-0.39, 0.29) is 5.91 Å². The van der Waals surface area contributed by atoms with E-state index in [1.54, 1.807) is 11.0 Å². The molecule has 0 saturated heterocycles. The van der Waals surface area contributed by atoms with E-state index in [1.165, 1.54) is 0 Å². The molecule has 2 aromatic rings. The van der Waals surface area contributed by atoms with Crippen LogP contribution in [0, 0.1) is 11.3 Å². The zero-order chi connectivity index (χ0) is 14.5. The number of aromatic nitrogens is 1. The number of nitrogen functional groups attached to an aromatic ring is 1. The van der Waals surface area contributed by atoms with Gasteiger partial charge in [-0.15, -0.1) is 0 Å². The first-order chi connectivity index (χ1) is 9.67. The number of carbonyl (C=O) groups is 1. The molecule has 1 aromatic carbocycles. The number of rotatable bonds is 4. The Hall–Kier alpha value is -2.61.